The Balaban J connectivity index is 1.50. The molecule has 13 heteroatoms. The van der Waals surface area contributed by atoms with Gasteiger partial charge in [-0.25, -0.2) is 9.67 Å². The van der Waals surface area contributed by atoms with E-state index in [0.717, 1.165) is 0 Å². The molecule has 0 aliphatic carbocycles. The van der Waals surface area contributed by atoms with Crippen LogP contribution in [0.4, 0.5) is 5.95 Å². The molecule has 0 saturated carbocycles. The highest BCUT2D eigenvalue weighted by molar-refractivity contribution is 8.76. The van der Waals surface area contributed by atoms with Gasteiger partial charge in [-0.1, -0.05) is 103 Å². The minimum atomic E-state index is -2.81. The lowest BCUT2D eigenvalue weighted by Crippen LogP contribution is -2.67. The number of aromatic nitrogens is 4. The lowest BCUT2D eigenvalue weighted by molar-refractivity contribution is -0.0623. The van der Waals surface area contributed by atoms with E-state index >= 15 is 0 Å². The Kier molecular flexibility index (Phi) is 10.6. The summed E-state index contributed by atoms with van der Waals surface area (Å²) in [5.74, 6) is 0.199. The Morgan fingerprint density at radius 3 is 2.38 bits per heavy atom. The van der Waals surface area contributed by atoms with Crippen LogP contribution in [0.5, 0.6) is 0 Å². The topological polar surface area (TPSA) is 107 Å². The first-order valence-electron chi connectivity index (χ1n) is 15.0. The summed E-state index contributed by atoms with van der Waals surface area (Å²) in [6.45, 7) is 9.17. The molecule has 240 valence electrons. The highest BCUT2D eigenvalue weighted by Gasteiger charge is 2.51. The maximum Gasteiger partial charge on any atom is 0.263 e. The quantitative estimate of drug-likeness (QED) is 0.0740. The molecule has 0 radical (unpaired) electrons. The average molecular weight is 667 g/mol. The number of fused-ring (bicyclic) bond motifs is 1. The Bertz CT molecular complexity index is 1600. The highest BCUT2D eigenvalue weighted by Crippen LogP contribution is 2.39. The Morgan fingerprint density at radius 2 is 1.80 bits per heavy atom. The number of H-pyrrole nitrogens is 1. The van der Waals surface area contributed by atoms with E-state index < -0.39 is 14.5 Å². The third-order valence-electron chi connectivity index (χ3n) is 7.79. The van der Waals surface area contributed by atoms with E-state index in [0.29, 0.717) is 24.1 Å². The largest absolute Gasteiger partial charge is 0.405 e. The van der Waals surface area contributed by atoms with Crippen molar-refractivity contribution < 1.29 is 13.9 Å². The van der Waals surface area contributed by atoms with Crippen molar-refractivity contribution in [2.24, 2.45) is 4.99 Å². The first-order chi connectivity index (χ1) is 21.5. The highest BCUT2D eigenvalue weighted by atomic mass is 33.1. The van der Waals surface area contributed by atoms with Gasteiger partial charge < -0.3 is 18.8 Å². The number of hydrogen-bond acceptors (Lipinski definition) is 9. The lowest BCUT2D eigenvalue weighted by Gasteiger charge is -2.43. The van der Waals surface area contributed by atoms with Crippen molar-refractivity contribution in [3.05, 3.63) is 77.2 Å². The number of nitrogens with zero attached hydrogens (tertiary/aromatic N) is 5. The van der Waals surface area contributed by atoms with Crippen molar-refractivity contribution in [3.63, 3.8) is 0 Å². The number of aromatic amines is 1. The lowest BCUT2D eigenvalue weighted by atomic mass is 10.2. The Morgan fingerprint density at radius 1 is 1.16 bits per heavy atom. The van der Waals surface area contributed by atoms with E-state index in [1.165, 1.54) is 16.6 Å². The first kappa shape index (κ1) is 33.4. The van der Waals surface area contributed by atoms with Gasteiger partial charge in [0.05, 0.1) is 25.2 Å². The van der Waals surface area contributed by atoms with Gasteiger partial charge in [-0.15, -0.1) is 0 Å². The molecule has 0 bridgehead atoms. The van der Waals surface area contributed by atoms with Crippen LogP contribution in [0, 0.1) is 0 Å². The summed E-state index contributed by atoms with van der Waals surface area (Å²) in [6, 6.07) is 21.1. The normalized spacial score (nSPS) is 19.8. The molecule has 45 heavy (non-hydrogen) atoms. The fourth-order valence-electron chi connectivity index (χ4n) is 5.88. The molecule has 1 aliphatic heterocycles. The smallest absolute Gasteiger partial charge is 0.263 e. The maximum absolute atomic E-state index is 12.9. The molecule has 2 aromatic carbocycles. The summed E-state index contributed by atoms with van der Waals surface area (Å²) in [4.78, 5) is 26.3. The van der Waals surface area contributed by atoms with Crippen molar-refractivity contribution in [3.8, 4) is 0 Å². The Hall–Kier alpha value is -2.94. The summed E-state index contributed by atoms with van der Waals surface area (Å²) < 4.78 is 22.2. The molecule has 0 spiro atoms. The van der Waals surface area contributed by atoms with Crippen molar-refractivity contribution in [2.75, 3.05) is 27.0 Å². The number of ether oxygens (including phenoxy) is 2. The second-order valence-corrected chi connectivity index (χ2v) is 19.3. The average Bonchev–Trinajstić information content (AvgIpc) is 3.61. The fourth-order valence-corrected chi connectivity index (χ4v) is 11.9. The van der Waals surface area contributed by atoms with Crippen molar-refractivity contribution in [2.45, 2.75) is 63.0 Å². The van der Waals surface area contributed by atoms with Crippen LogP contribution in [0.15, 0.2) is 76.6 Å². The van der Waals surface area contributed by atoms with Crippen LogP contribution in [0.3, 0.4) is 0 Å². The predicted molar refractivity (Wildman–Crippen MR) is 188 cm³/mol. The van der Waals surface area contributed by atoms with Crippen LogP contribution >= 0.6 is 21.6 Å². The first-order valence-corrected chi connectivity index (χ1v) is 19.5. The molecule has 1 aliphatic rings. The van der Waals surface area contributed by atoms with Crippen LogP contribution in [0.25, 0.3) is 11.0 Å². The summed E-state index contributed by atoms with van der Waals surface area (Å²) >= 11 is 0. The van der Waals surface area contributed by atoms with E-state index in [2.05, 4.69) is 89.4 Å². The minimum absolute atomic E-state index is 0.0648. The molecule has 3 heterocycles. The van der Waals surface area contributed by atoms with Gasteiger partial charge >= 0.3 is 0 Å². The second kappa shape index (κ2) is 14.2. The van der Waals surface area contributed by atoms with Gasteiger partial charge in [0.25, 0.3) is 13.9 Å². The predicted octanol–water partition coefficient (Wildman–Crippen LogP) is 4.95. The standard InChI is InChI=1S/C32H42N6O4S2Si/c1-22(44-43-7)41-26-18-28(38-29-25(19-34-38)30(39)36-31(35-29)33-21-37(5)6)42-27(26)20-40-45(32(2,3)4,23-14-10-8-11-15-23)24-16-12-9-13-17-24/h8-17,19,21-22,26-28H,18,20H2,1-7H3,(H,35,36,39)/b33-21-/t22-,26+,27+,28+/m0/s1. The van der Waals surface area contributed by atoms with Crippen LogP contribution in [-0.2, 0) is 13.9 Å². The van der Waals surface area contributed by atoms with Gasteiger partial charge in [0.1, 0.15) is 16.9 Å². The van der Waals surface area contributed by atoms with Crippen molar-refractivity contribution in [1.82, 2.24) is 24.6 Å². The molecule has 2 aromatic heterocycles. The molecule has 1 saturated heterocycles. The summed E-state index contributed by atoms with van der Waals surface area (Å²) in [5.41, 5.74) is 0.0398. The minimum Gasteiger partial charge on any atom is -0.405 e. The Labute approximate surface area is 273 Å². The zero-order valence-corrected chi connectivity index (χ0v) is 29.5. The summed E-state index contributed by atoms with van der Waals surface area (Å²) in [6.07, 6.45) is 4.52. The van der Waals surface area contributed by atoms with Gasteiger partial charge in [0.15, 0.2) is 11.9 Å². The summed E-state index contributed by atoms with van der Waals surface area (Å²) in [7, 11) is 4.21. The van der Waals surface area contributed by atoms with E-state index in [1.807, 2.05) is 39.4 Å². The van der Waals surface area contributed by atoms with E-state index in [4.69, 9.17) is 13.9 Å². The molecule has 0 unspecified atom stereocenters. The van der Waals surface area contributed by atoms with E-state index in [1.54, 1.807) is 37.5 Å². The zero-order chi connectivity index (χ0) is 32.2. The van der Waals surface area contributed by atoms with Crippen LogP contribution in [0.1, 0.15) is 40.3 Å². The van der Waals surface area contributed by atoms with Gasteiger partial charge in [0, 0.05) is 20.5 Å². The van der Waals surface area contributed by atoms with Gasteiger partial charge in [-0.05, 0) is 28.6 Å². The fraction of sp³-hybridized carbons (Fsp3) is 0.438. The summed E-state index contributed by atoms with van der Waals surface area (Å²) in [5, 5.41) is 7.15. The number of aliphatic imine (C=N–C) groups is 1. The van der Waals surface area contributed by atoms with Gasteiger partial charge in [-0.3, -0.25) is 9.78 Å². The van der Waals surface area contributed by atoms with Crippen LogP contribution in [0.2, 0.25) is 5.04 Å². The number of hydrogen-bond donors (Lipinski definition) is 1. The third kappa shape index (κ3) is 7.23. The molecule has 1 N–H and O–H groups in total. The molecular formula is C32H42N6O4S2Si. The molecule has 10 nitrogen and oxygen atoms in total. The third-order valence-corrected chi connectivity index (χ3v) is 14.8. The zero-order valence-electron chi connectivity index (χ0n) is 26.8. The van der Waals surface area contributed by atoms with E-state index in [9.17, 15) is 4.79 Å². The van der Waals surface area contributed by atoms with Gasteiger partial charge in [0.2, 0.25) is 5.95 Å². The van der Waals surface area contributed by atoms with Crippen LogP contribution < -0.4 is 15.9 Å². The number of benzene rings is 2. The monoisotopic (exact) mass is 666 g/mol. The number of rotatable bonds is 12. The SMILES string of the molecule is CSS[C@@H](C)O[C@@H]1C[C@H](n2ncc3c(=O)[nH]c(/N=C\N(C)C)nc32)O[C@@H]1CO[Si](c1ccccc1)(c1ccccc1)C(C)(C)C. The molecule has 4 atom stereocenters. The van der Waals surface area contributed by atoms with Crippen molar-refractivity contribution in [1.29, 1.82) is 0 Å². The van der Waals surface area contributed by atoms with E-state index in [-0.39, 0.29) is 34.2 Å². The van der Waals surface area contributed by atoms with Gasteiger partial charge in [-0.2, -0.15) is 10.1 Å². The maximum atomic E-state index is 12.9. The van der Waals surface area contributed by atoms with Crippen molar-refractivity contribution >= 4 is 63.6 Å². The molecule has 0 amide bonds. The number of nitrogens with one attached hydrogen (secondary N) is 1. The molecule has 5 rings (SSSR count). The molecular weight excluding hydrogens is 625 g/mol. The second-order valence-electron chi connectivity index (χ2n) is 12.3. The molecule has 4 aromatic rings. The molecule has 1 fully saturated rings. The van der Waals surface area contributed by atoms with Crippen LogP contribution in [-0.4, -0.2) is 83.9 Å².